The Morgan fingerprint density at radius 1 is 1.03 bits per heavy atom. The van der Waals surface area contributed by atoms with Crippen molar-refractivity contribution in [1.82, 2.24) is 5.32 Å². The van der Waals surface area contributed by atoms with E-state index < -0.39 is 29.0 Å². The molecule has 33 heavy (non-hydrogen) atoms. The number of fused-ring (bicyclic) bond motifs is 2. The first-order chi connectivity index (χ1) is 15.9. The molecule has 0 aromatic heterocycles. The second kappa shape index (κ2) is 8.58. The maximum atomic E-state index is 13.3. The van der Waals surface area contributed by atoms with Crippen LogP contribution in [0.3, 0.4) is 0 Å². The van der Waals surface area contributed by atoms with E-state index >= 15 is 0 Å². The molecule has 2 aliphatic carbocycles. The molecule has 5 rings (SSSR count). The second-order valence-electron chi connectivity index (χ2n) is 9.54. The van der Waals surface area contributed by atoms with Crippen molar-refractivity contribution >= 4 is 34.8 Å². The molecule has 2 aromatic carbocycles. The zero-order valence-corrected chi connectivity index (χ0v) is 19.0. The van der Waals surface area contributed by atoms with Gasteiger partial charge in [0.25, 0.3) is 0 Å². The SMILES string of the molecule is O=C(CC(NC1CC1)(C(=O)O)C1c2ccccc2N[C@@H]2CCC[C@H]12)C(=O)c1ccc(Cl)cc1. The largest absolute Gasteiger partial charge is 0.480 e. The van der Waals surface area contributed by atoms with Crippen LogP contribution in [-0.2, 0) is 9.59 Å². The summed E-state index contributed by atoms with van der Waals surface area (Å²) in [6, 6.07) is 14.1. The normalized spacial score (nSPS) is 25.3. The van der Waals surface area contributed by atoms with Crippen LogP contribution in [-0.4, -0.2) is 40.3 Å². The van der Waals surface area contributed by atoms with Crippen molar-refractivity contribution in [3.8, 4) is 0 Å². The molecule has 4 atom stereocenters. The molecule has 3 aliphatic rings. The van der Waals surface area contributed by atoms with E-state index in [0.717, 1.165) is 43.4 Å². The van der Waals surface area contributed by atoms with Crippen LogP contribution < -0.4 is 10.6 Å². The minimum atomic E-state index is -1.55. The molecular formula is C26H27ClN2O4. The molecule has 0 saturated heterocycles. The third kappa shape index (κ3) is 4.06. The lowest BCUT2D eigenvalue weighted by atomic mass is 9.65. The molecule has 2 aromatic rings. The predicted molar refractivity (Wildman–Crippen MR) is 126 cm³/mol. The maximum absolute atomic E-state index is 13.3. The number of carboxylic acid groups (broad SMARTS) is 1. The van der Waals surface area contributed by atoms with E-state index in [4.69, 9.17) is 11.6 Å². The number of carbonyl (C=O) groups is 3. The molecule has 2 saturated carbocycles. The van der Waals surface area contributed by atoms with Gasteiger partial charge in [0.15, 0.2) is 0 Å². The summed E-state index contributed by atoms with van der Waals surface area (Å²) in [5.41, 5.74) is 0.499. The Balaban J connectivity index is 1.56. The van der Waals surface area contributed by atoms with Gasteiger partial charge in [-0.05, 0) is 67.5 Å². The van der Waals surface area contributed by atoms with Gasteiger partial charge in [-0.15, -0.1) is 0 Å². The third-order valence-electron chi connectivity index (χ3n) is 7.38. The van der Waals surface area contributed by atoms with Crippen LogP contribution >= 0.6 is 11.6 Å². The van der Waals surface area contributed by atoms with Crippen molar-refractivity contribution in [3.63, 3.8) is 0 Å². The summed E-state index contributed by atoms with van der Waals surface area (Å²) in [5.74, 6) is -2.79. The first-order valence-electron chi connectivity index (χ1n) is 11.6. The number of aliphatic carboxylic acids is 1. The number of rotatable bonds is 8. The van der Waals surface area contributed by atoms with Crippen molar-refractivity contribution in [2.75, 3.05) is 5.32 Å². The molecule has 7 heteroatoms. The fraction of sp³-hybridized carbons (Fsp3) is 0.423. The number of carboxylic acids is 1. The Labute approximate surface area is 197 Å². The molecule has 2 unspecified atom stereocenters. The highest BCUT2D eigenvalue weighted by molar-refractivity contribution is 6.44. The minimum absolute atomic E-state index is 0.0430. The Morgan fingerprint density at radius 2 is 1.76 bits per heavy atom. The Hall–Kier alpha value is -2.70. The number of para-hydroxylation sites is 1. The highest BCUT2D eigenvalue weighted by atomic mass is 35.5. The summed E-state index contributed by atoms with van der Waals surface area (Å²) < 4.78 is 0. The first-order valence-corrected chi connectivity index (χ1v) is 12.0. The van der Waals surface area contributed by atoms with Crippen molar-refractivity contribution in [3.05, 3.63) is 64.7 Å². The lowest BCUT2D eigenvalue weighted by Gasteiger charge is -2.46. The quantitative estimate of drug-likeness (QED) is 0.393. The molecule has 1 aliphatic heterocycles. The topological polar surface area (TPSA) is 95.5 Å². The molecule has 6 nitrogen and oxygen atoms in total. The van der Waals surface area contributed by atoms with Gasteiger partial charge in [-0.3, -0.25) is 19.7 Å². The summed E-state index contributed by atoms with van der Waals surface area (Å²) >= 11 is 5.92. The monoisotopic (exact) mass is 466 g/mol. The van der Waals surface area contributed by atoms with E-state index in [1.807, 2.05) is 24.3 Å². The van der Waals surface area contributed by atoms with E-state index in [0.29, 0.717) is 5.02 Å². The summed E-state index contributed by atoms with van der Waals surface area (Å²) in [4.78, 5) is 39.3. The standard InChI is InChI=1S/C26H27ClN2O4/c27-16-10-8-15(9-11-16)24(31)22(30)14-26(25(32)33,29-17-12-13-17)23-18-4-1-2-6-20(18)28-21-7-3-5-19(21)23/h1-2,4,6,8-11,17,19,21,23,28-29H,3,5,7,12-14H2,(H,32,33)/t19-,21+,23?,26?/m0/s1. The number of anilines is 1. The van der Waals surface area contributed by atoms with E-state index in [9.17, 15) is 19.5 Å². The number of carbonyl (C=O) groups excluding carboxylic acids is 2. The molecule has 0 radical (unpaired) electrons. The fourth-order valence-electron chi connectivity index (χ4n) is 5.74. The number of ketones is 2. The van der Waals surface area contributed by atoms with Crippen molar-refractivity contribution < 1.29 is 19.5 Å². The first kappa shape index (κ1) is 22.1. The zero-order chi connectivity index (χ0) is 23.2. The molecular weight excluding hydrogens is 440 g/mol. The minimum Gasteiger partial charge on any atom is -0.480 e. The van der Waals surface area contributed by atoms with Gasteiger partial charge in [0.1, 0.15) is 5.54 Å². The van der Waals surface area contributed by atoms with E-state index in [1.165, 1.54) is 12.1 Å². The summed E-state index contributed by atoms with van der Waals surface area (Å²) in [6.45, 7) is 0. The maximum Gasteiger partial charge on any atom is 0.325 e. The van der Waals surface area contributed by atoms with Gasteiger partial charge in [0.2, 0.25) is 11.6 Å². The van der Waals surface area contributed by atoms with Crippen LogP contribution in [0.15, 0.2) is 48.5 Å². The molecule has 0 amide bonds. The van der Waals surface area contributed by atoms with Crippen LogP contribution in [0.4, 0.5) is 5.69 Å². The molecule has 172 valence electrons. The smallest absolute Gasteiger partial charge is 0.325 e. The lowest BCUT2D eigenvalue weighted by Crippen LogP contribution is -2.62. The van der Waals surface area contributed by atoms with Gasteiger partial charge in [-0.2, -0.15) is 0 Å². The van der Waals surface area contributed by atoms with Gasteiger partial charge >= 0.3 is 5.97 Å². The number of benzene rings is 2. The highest BCUT2D eigenvalue weighted by Crippen LogP contribution is 2.52. The second-order valence-corrected chi connectivity index (χ2v) is 9.98. The van der Waals surface area contributed by atoms with Crippen molar-refractivity contribution in [1.29, 1.82) is 0 Å². The van der Waals surface area contributed by atoms with E-state index in [2.05, 4.69) is 10.6 Å². The molecule has 3 N–H and O–H groups in total. The van der Waals surface area contributed by atoms with Gasteiger partial charge in [0, 0.05) is 40.7 Å². The summed E-state index contributed by atoms with van der Waals surface area (Å²) in [7, 11) is 0. The van der Waals surface area contributed by atoms with Crippen LogP contribution in [0.2, 0.25) is 5.02 Å². The van der Waals surface area contributed by atoms with Gasteiger partial charge < -0.3 is 10.4 Å². The van der Waals surface area contributed by atoms with Gasteiger partial charge in [0.05, 0.1) is 0 Å². The Kier molecular flexibility index (Phi) is 5.75. The third-order valence-corrected chi connectivity index (χ3v) is 7.64. The number of halogens is 1. The van der Waals surface area contributed by atoms with Crippen LogP contribution in [0.25, 0.3) is 0 Å². The van der Waals surface area contributed by atoms with E-state index in [-0.39, 0.29) is 30.0 Å². The highest BCUT2D eigenvalue weighted by Gasteiger charge is 2.57. The molecule has 0 spiro atoms. The molecule has 0 bridgehead atoms. The molecule has 1 heterocycles. The lowest BCUT2D eigenvalue weighted by molar-refractivity contribution is -0.149. The van der Waals surface area contributed by atoms with Crippen LogP contribution in [0.1, 0.15) is 60.4 Å². The number of hydrogen-bond donors (Lipinski definition) is 3. The van der Waals surface area contributed by atoms with Crippen molar-refractivity contribution in [2.24, 2.45) is 5.92 Å². The Bertz CT molecular complexity index is 1100. The van der Waals surface area contributed by atoms with Crippen LogP contribution in [0.5, 0.6) is 0 Å². The average Bonchev–Trinajstić information content (AvgIpc) is 3.50. The number of hydrogen-bond acceptors (Lipinski definition) is 5. The number of Topliss-reactive ketones (excluding diaryl/α,β-unsaturated/α-hetero) is 2. The molecule has 2 fully saturated rings. The van der Waals surface area contributed by atoms with Gasteiger partial charge in [-0.1, -0.05) is 36.2 Å². The van der Waals surface area contributed by atoms with Gasteiger partial charge in [-0.25, -0.2) is 0 Å². The predicted octanol–water partition coefficient (Wildman–Crippen LogP) is 4.44. The van der Waals surface area contributed by atoms with E-state index in [1.54, 1.807) is 12.1 Å². The summed E-state index contributed by atoms with van der Waals surface area (Å²) in [6.07, 6.45) is 4.21. The summed E-state index contributed by atoms with van der Waals surface area (Å²) in [5, 5.41) is 18.1. The average molecular weight is 467 g/mol. The zero-order valence-electron chi connectivity index (χ0n) is 18.2. The fourth-order valence-corrected chi connectivity index (χ4v) is 5.86. The van der Waals surface area contributed by atoms with Crippen molar-refractivity contribution in [2.45, 2.75) is 62.1 Å². The number of nitrogens with one attached hydrogen (secondary N) is 2. The Morgan fingerprint density at radius 3 is 2.45 bits per heavy atom. The van der Waals surface area contributed by atoms with Crippen LogP contribution in [0, 0.1) is 5.92 Å².